The van der Waals surface area contributed by atoms with Crippen LogP contribution in [0.1, 0.15) is 46.1 Å². The molecule has 1 aromatic rings. The first kappa shape index (κ1) is 20.4. The number of ketones is 1. The van der Waals surface area contributed by atoms with E-state index in [-0.39, 0.29) is 34.7 Å². The number of Topliss-reactive ketones (excluding diaryl/α,β-unsaturated/α-hetero) is 1. The number of benzene rings is 1. The Morgan fingerprint density at radius 2 is 2.00 bits per heavy atom. The van der Waals surface area contributed by atoms with E-state index >= 15 is 0 Å². The average Bonchev–Trinajstić information content (AvgIpc) is 2.90. The highest BCUT2D eigenvalue weighted by Gasteiger charge is 2.66. The maximum atomic E-state index is 12.5. The van der Waals surface area contributed by atoms with Gasteiger partial charge in [-0.3, -0.25) is 9.59 Å². The molecular formula is C23H32BNO4. The molecular weight excluding hydrogens is 365 g/mol. The molecule has 6 heteroatoms. The molecule has 3 saturated carbocycles. The van der Waals surface area contributed by atoms with E-state index in [4.69, 9.17) is 4.65 Å². The molecule has 4 aliphatic rings. The van der Waals surface area contributed by atoms with Crippen LogP contribution in [0.3, 0.4) is 0 Å². The van der Waals surface area contributed by atoms with E-state index in [2.05, 4.69) is 20.8 Å². The predicted molar refractivity (Wildman–Crippen MR) is 113 cm³/mol. The molecule has 0 amide bonds. The first-order chi connectivity index (χ1) is 13.6. The fourth-order valence-corrected chi connectivity index (χ4v) is 6.63. The molecule has 29 heavy (non-hydrogen) atoms. The zero-order valence-electron chi connectivity index (χ0n) is 17.9. The predicted octanol–water partition coefficient (Wildman–Crippen LogP) is 3.20. The van der Waals surface area contributed by atoms with E-state index in [0.29, 0.717) is 17.8 Å². The zero-order chi connectivity index (χ0) is 21.0. The van der Waals surface area contributed by atoms with Crippen LogP contribution in [-0.2, 0) is 14.2 Å². The lowest BCUT2D eigenvalue weighted by Gasteiger charge is -2.67. The SMILES string of the molecule is CC(=O)C[N+]1([C@@H]2C[C@@H]3C[C@H]([C@H]2C)C3(C)C)CC(=O)O[B-]1(O)C=Cc1ccccc1. The van der Waals surface area contributed by atoms with E-state index in [0.717, 1.165) is 12.0 Å². The summed E-state index contributed by atoms with van der Waals surface area (Å²) in [4.78, 5) is 24.8. The second kappa shape index (κ2) is 6.81. The third kappa shape index (κ3) is 3.08. The Hall–Kier alpha value is -1.92. The van der Waals surface area contributed by atoms with Crippen LogP contribution < -0.4 is 0 Å². The Morgan fingerprint density at radius 3 is 2.59 bits per heavy atom. The number of hydrogen-bond donors (Lipinski definition) is 1. The smallest absolute Gasteiger partial charge is 0.549 e. The Morgan fingerprint density at radius 1 is 1.31 bits per heavy atom. The highest BCUT2D eigenvalue weighted by atomic mass is 16.6. The largest absolute Gasteiger partial charge is 0.607 e. The molecule has 2 bridgehead atoms. The van der Waals surface area contributed by atoms with E-state index < -0.39 is 12.7 Å². The summed E-state index contributed by atoms with van der Waals surface area (Å²) >= 11 is 0. The maximum absolute atomic E-state index is 12.5. The molecule has 156 valence electrons. The van der Waals surface area contributed by atoms with Crippen LogP contribution in [0.25, 0.3) is 6.08 Å². The topological polar surface area (TPSA) is 63.6 Å². The van der Waals surface area contributed by atoms with Crippen LogP contribution in [0.5, 0.6) is 0 Å². The van der Waals surface area contributed by atoms with Crippen LogP contribution in [0.4, 0.5) is 0 Å². The van der Waals surface area contributed by atoms with Gasteiger partial charge in [0.15, 0.2) is 5.78 Å². The van der Waals surface area contributed by atoms with Crippen molar-refractivity contribution < 1.29 is 23.7 Å². The summed E-state index contributed by atoms with van der Waals surface area (Å²) in [6.45, 7) is 5.94. The van der Waals surface area contributed by atoms with Crippen LogP contribution in [0.15, 0.2) is 36.3 Å². The molecule has 6 atom stereocenters. The fraction of sp³-hybridized carbons (Fsp3) is 0.565. The Kier molecular flexibility index (Phi) is 4.78. The lowest BCUT2D eigenvalue weighted by molar-refractivity contribution is -0.858. The molecule has 0 spiro atoms. The lowest BCUT2D eigenvalue weighted by Crippen LogP contribution is -2.76. The quantitative estimate of drug-likeness (QED) is 0.776. The highest BCUT2D eigenvalue weighted by molar-refractivity contribution is 6.67. The van der Waals surface area contributed by atoms with Gasteiger partial charge in [0.1, 0.15) is 13.1 Å². The minimum atomic E-state index is -2.66. The fourth-order valence-electron chi connectivity index (χ4n) is 6.63. The molecule has 0 aromatic heterocycles. The van der Waals surface area contributed by atoms with Gasteiger partial charge >= 0.3 is 12.7 Å². The average molecular weight is 397 g/mol. The number of hydrogen-bond acceptors (Lipinski definition) is 4. The normalized spacial score (nSPS) is 40.5. The lowest BCUT2D eigenvalue weighted by atomic mass is 9.43. The summed E-state index contributed by atoms with van der Waals surface area (Å²) in [5.74, 6) is 2.61. The van der Waals surface area contributed by atoms with Gasteiger partial charge in [-0.05, 0) is 35.7 Å². The van der Waals surface area contributed by atoms with Crippen molar-refractivity contribution >= 4 is 24.5 Å². The van der Waals surface area contributed by atoms with Crippen LogP contribution in [0, 0.1) is 23.2 Å². The molecule has 1 aliphatic heterocycles. The summed E-state index contributed by atoms with van der Waals surface area (Å²) in [5, 5.41) is 11.7. The summed E-state index contributed by atoms with van der Waals surface area (Å²) < 4.78 is 5.63. The van der Waals surface area contributed by atoms with Crippen molar-refractivity contribution in [3.63, 3.8) is 0 Å². The number of carbonyl (C=O) groups excluding carboxylic acids is 2. The number of fused-ring (bicyclic) bond motifs is 2. The van der Waals surface area contributed by atoms with E-state index in [9.17, 15) is 14.6 Å². The van der Waals surface area contributed by atoms with Gasteiger partial charge < -0.3 is 14.1 Å². The molecule has 1 N–H and O–H groups in total. The second-order valence-electron chi connectivity index (χ2n) is 10.2. The summed E-state index contributed by atoms with van der Waals surface area (Å²) in [6.07, 6.45) is 3.92. The van der Waals surface area contributed by atoms with Gasteiger partial charge in [-0.1, -0.05) is 57.2 Å². The van der Waals surface area contributed by atoms with Crippen LogP contribution in [-0.4, -0.2) is 47.0 Å². The third-order valence-corrected chi connectivity index (χ3v) is 8.30. The minimum Gasteiger partial charge on any atom is -0.607 e. The zero-order valence-corrected chi connectivity index (χ0v) is 17.9. The number of rotatable bonds is 5. The van der Waals surface area contributed by atoms with Gasteiger partial charge in [-0.15, -0.1) is 5.98 Å². The second-order valence-corrected chi connectivity index (χ2v) is 10.2. The van der Waals surface area contributed by atoms with Gasteiger partial charge in [-0.2, -0.15) is 0 Å². The molecule has 5 rings (SSSR count). The van der Waals surface area contributed by atoms with Gasteiger partial charge in [0, 0.05) is 12.8 Å². The van der Waals surface area contributed by atoms with Crippen molar-refractivity contribution in [2.24, 2.45) is 23.2 Å². The number of nitrogens with zero attached hydrogens (tertiary/aromatic N) is 1. The first-order valence-corrected chi connectivity index (χ1v) is 10.8. The van der Waals surface area contributed by atoms with Crippen LogP contribution in [0.2, 0.25) is 0 Å². The van der Waals surface area contributed by atoms with E-state index in [1.165, 1.54) is 6.42 Å². The summed E-state index contributed by atoms with van der Waals surface area (Å²) in [7, 11) is 0. The van der Waals surface area contributed by atoms with Crippen molar-refractivity contribution in [1.82, 2.24) is 0 Å². The molecule has 2 unspecified atom stereocenters. The number of carbonyl (C=O) groups is 2. The first-order valence-electron chi connectivity index (χ1n) is 10.8. The summed E-state index contributed by atoms with van der Waals surface area (Å²) in [6, 6.07) is 9.69. The summed E-state index contributed by atoms with van der Waals surface area (Å²) in [5.41, 5.74) is 1.21. The molecule has 1 saturated heterocycles. The molecule has 5 nitrogen and oxygen atoms in total. The van der Waals surface area contributed by atoms with E-state index in [1.54, 1.807) is 12.9 Å². The van der Waals surface area contributed by atoms with E-state index in [1.807, 2.05) is 36.4 Å². The number of quaternary nitrogens is 1. The van der Waals surface area contributed by atoms with Gasteiger partial charge in [-0.25, -0.2) is 0 Å². The Balaban J connectivity index is 1.75. The minimum absolute atomic E-state index is 0.0255. The molecule has 1 heterocycles. The molecule has 1 aromatic carbocycles. The van der Waals surface area contributed by atoms with Gasteiger partial charge in [0.05, 0.1) is 6.04 Å². The standard InChI is InChI=1S/C23H32BNO4/c1-16(26)14-25(21-13-19-12-20(17(21)2)23(19,3)4)15-22(27)29-24(25,28)11-10-18-8-6-5-7-9-18/h5-11,17,19-21,28H,12-15H2,1-4H3/t17-,19+,20-,21-,24?,25?/m1/s1. The maximum Gasteiger partial charge on any atom is 0.549 e. The van der Waals surface area contributed by atoms with Crippen molar-refractivity contribution in [2.45, 2.75) is 46.6 Å². The van der Waals surface area contributed by atoms with Crippen molar-refractivity contribution in [2.75, 3.05) is 13.1 Å². The van der Waals surface area contributed by atoms with Gasteiger partial charge in [0.2, 0.25) is 0 Å². The highest BCUT2D eigenvalue weighted by Crippen LogP contribution is 2.63. The Labute approximate surface area is 173 Å². The molecule has 3 aliphatic carbocycles. The van der Waals surface area contributed by atoms with Crippen molar-refractivity contribution in [3.05, 3.63) is 41.9 Å². The van der Waals surface area contributed by atoms with Crippen molar-refractivity contribution in [3.8, 4) is 0 Å². The van der Waals surface area contributed by atoms with Crippen LogP contribution >= 0.6 is 0 Å². The third-order valence-electron chi connectivity index (χ3n) is 8.30. The Bertz CT molecular complexity index is 854. The monoisotopic (exact) mass is 397 g/mol. The molecule has 4 fully saturated rings. The molecule has 0 radical (unpaired) electrons. The van der Waals surface area contributed by atoms with Gasteiger partial charge in [0.25, 0.3) is 0 Å². The van der Waals surface area contributed by atoms with Crippen molar-refractivity contribution in [1.29, 1.82) is 0 Å².